The Hall–Kier alpha value is -1.09. The van der Waals surface area contributed by atoms with Crippen LogP contribution in [0.1, 0.15) is 0 Å². The third-order valence-corrected chi connectivity index (χ3v) is 1.59. The number of hydrogen-bond donors (Lipinski definition) is 1. The first-order chi connectivity index (χ1) is 5.61. The van der Waals surface area contributed by atoms with Crippen LogP contribution in [0.2, 0.25) is 0 Å². The van der Waals surface area contributed by atoms with E-state index < -0.39 is 5.97 Å². The van der Waals surface area contributed by atoms with Gasteiger partial charge in [0.1, 0.15) is 0 Å². The number of carboxylic acid groups (broad SMARTS) is 1. The quantitative estimate of drug-likeness (QED) is 0.594. The van der Waals surface area contributed by atoms with E-state index in [1.165, 1.54) is 24.3 Å². The molecule has 0 aromatic rings. The number of aliphatic carboxylic acids is 1. The van der Waals surface area contributed by atoms with E-state index in [0.29, 0.717) is 4.48 Å². The lowest BCUT2D eigenvalue weighted by Gasteiger charge is -1.92. The minimum Gasteiger partial charge on any atom is -0.478 e. The van der Waals surface area contributed by atoms with Crippen LogP contribution in [0, 0.1) is 0 Å². The molecule has 0 fully saturated rings. The Morgan fingerprint density at radius 1 is 1.42 bits per heavy atom. The minimum absolute atomic E-state index is 0.164. The smallest absolute Gasteiger partial charge is 0.335 e. The van der Waals surface area contributed by atoms with Gasteiger partial charge in [-0.1, -0.05) is 41.2 Å². The van der Waals surface area contributed by atoms with E-state index in [1.54, 1.807) is 0 Å². The molecule has 0 saturated heterocycles. The number of halogens is 1. The summed E-state index contributed by atoms with van der Waals surface area (Å²) in [5, 5.41) is 8.63. The molecule has 12 heavy (non-hydrogen) atoms. The van der Waals surface area contributed by atoms with Gasteiger partial charge in [0.05, 0.1) is 5.57 Å². The number of hydrogen-bond acceptors (Lipinski definition) is 1. The fourth-order valence-corrected chi connectivity index (χ4v) is 0.762. The molecule has 0 amide bonds. The Kier molecular flexibility index (Phi) is 5.04. The molecular formula is C9H9BrO2. The molecule has 0 bridgehead atoms. The van der Waals surface area contributed by atoms with E-state index >= 15 is 0 Å². The molecule has 0 aliphatic carbocycles. The summed E-state index contributed by atoms with van der Waals surface area (Å²) < 4.78 is 0.623. The first-order valence-electron chi connectivity index (χ1n) is 3.17. The first-order valence-corrected chi connectivity index (χ1v) is 3.96. The second-order valence-electron chi connectivity index (χ2n) is 1.90. The van der Waals surface area contributed by atoms with Crippen LogP contribution in [0.4, 0.5) is 0 Å². The van der Waals surface area contributed by atoms with Crippen LogP contribution in [-0.4, -0.2) is 11.1 Å². The number of carbonyl (C=O) groups is 1. The molecular weight excluding hydrogens is 220 g/mol. The Balaban J connectivity index is 4.78. The van der Waals surface area contributed by atoms with E-state index in [-0.39, 0.29) is 5.57 Å². The fraction of sp³-hybridized carbons (Fsp3) is 0. The summed E-state index contributed by atoms with van der Waals surface area (Å²) in [6.07, 6.45) is 5.80. The van der Waals surface area contributed by atoms with Gasteiger partial charge in [0.25, 0.3) is 0 Å². The van der Waals surface area contributed by atoms with Gasteiger partial charge in [0, 0.05) is 4.48 Å². The molecule has 0 aromatic heterocycles. The highest BCUT2D eigenvalue weighted by Gasteiger charge is 2.01. The van der Waals surface area contributed by atoms with E-state index in [9.17, 15) is 4.79 Å². The number of rotatable bonds is 4. The van der Waals surface area contributed by atoms with Gasteiger partial charge >= 0.3 is 5.97 Å². The van der Waals surface area contributed by atoms with Gasteiger partial charge in [0.2, 0.25) is 0 Å². The summed E-state index contributed by atoms with van der Waals surface area (Å²) in [7, 11) is 0. The lowest BCUT2D eigenvalue weighted by atomic mass is 10.2. The summed E-state index contributed by atoms with van der Waals surface area (Å²) in [6.45, 7) is 6.88. The Bertz CT molecular complexity index is 262. The highest BCUT2D eigenvalue weighted by Crippen LogP contribution is 2.10. The highest BCUT2D eigenvalue weighted by atomic mass is 79.9. The van der Waals surface area contributed by atoms with Crippen molar-refractivity contribution in [3.05, 3.63) is 47.5 Å². The topological polar surface area (TPSA) is 37.3 Å². The van der Waals surface area contributed by atoms with Crippen molar-refractivity contribution in [2.75, 3.05) is 0 Å². The summed E-state index contributed by atoms with van der Waals surface area (Å²) in [6, 6.07) is 0. The lowest BCUT2D eigenvalue weighted by molar-refractivity contribution is -0.132. The minimum atomic E-state index is -0.992. The third-order valence-electron chi connectivity index (χ3n) is 1.03. The van der Waals surface area contributed by atoms with E-state index in [0.717, 1.165) is 0 Å². The molecule has 0 radical (unpaired) electrons. The molecule has 3 heteroatoms. The maximum Gasteiger partial charge on any atom is 0.335 e. The van der Waals surface area contributed by atoms with Gasteiger partial charge in [-0.2, -0.15) is 0 Å². The van der Waals surface area contributed by atoms with Crippen LogP contribution >= 0.6 is 15.9 Å². The summed E-state index contributed by atoms with van der Waals surface area (Å²) >= 11 is 3.12. The standard InChI is InChI=1S/C9H9BrO2/c1-3-5-7(9(11)12)6-8(10)4-2/h3-6H,1-2H2,(H,11,12)/b7-5+,8-6+. The van der Waals surface area contributed by atoms with Crippen LogP contribution in [0.25, 0.3) is 0 Å². The van der Waals surface area contributed by atoms with Crippen molar-refractivity contribution >= 4 is 21.9 Å². The SMILES string of the molecule is C=C/C=C(\C=C(\Br)C=C)C(=O)O. The van der Waals surface area contributed by atoms with Crippen LogP contribution in [0.3, 0.4) is 0 Å². The van der Waals surface area contributed by atoms with Crippen LogP contribution in [0.5, 0.6) is 0 Å². The summed E-state index contributed by atoms with van der Waals surface area (Å²) in [5.74, 6) is -0.992. The fourth-order valence-electron chi connectivity index (χ4n) is 0.516. The van der Waals surface area contributed by atoms with Gasteiger partial charge in [0.15, 0.2) is 0 Å². The predicted octanol–water partition coefficient (Wildman–Crippen LogP) is 2.65. The molecule has 0 atom stereocenters. The second-order valence-corrected chi connectivity index (χ2v) is 2.81. The number of allylic oxidation sites excluding steroid dienone is 4. The van der Waals surface area contributed by atoms with Gasteiger partial charge in [-0.15, -0.1) is 0 Å². The predicted molar refractivity (Wildman–Crippen MR) is 53.1 cm³/mol. The zero-order valence-corrected chi connectivity index (χ0v) is 8.04. The molecule has 2 nitrogen and oxygen atoms in total. The average Bonchev–Trinajstić information content (AvgIpc) is 2.03. The normalized spacial score (nSPS) is 12.4. The van der Waals surface area contributed by atoms with Crippen LogP contribution < -0.4 is 0 Å². The van der Waals surface area contributed by atoms with Gasteiger partial charge in [-0.25, -0.2) is 4.79 Å². The molecule has 0 aliphatic heterocycles. The van der Waals surface area contributed by atoms with Crippen molar-refractivity contribution in [1.29, 1.82) is 0 Å². The molecule has 0 saturated carbocycles. The van der Waals surface area contributed by atoms with Crippen molar-refractivity contribution in [3.63, 3.8) is 0 Å². The molecule has 64 valence electrons. The molecule has 0 aromatic carbocycles. The molecule has 0 unspecified atom stereocenters. The third kappa shape index (κ3) is 3.93. The van der Waals surface area contributed by atoms with E-state index in [2.05, 4.69) is 29.1 Å². The van der Waals surface area contributed by atoms with Crippen molar-refractivity contribution in [3.8, 4) is 0 Å². The van der Waals surface area contributed by atoms with Crippen LogP contribution in [-0.2, 0) is 4.79 Å². The molecule has 0 heterocycles. The van der Waals surface area contributed by atoms with Crippen molar-refractivity contribution in [2.24, 2.45) is 0 Å². The van der Waals surface area contributed by atoms with Crippen molar-refractivity contribution < 1.29 is 9.90 Å². The zero-order chi connectivity index (χ0) is 9.56. The van der Waals surface area contributed by atoms with Crippen LogP contribution in [0.15, 0.2) is 47.5 Å². The van der Waals surface area contributed by atoms with Gasteiger partial charge in [-0.05, 0) is 12.2 Å². The monoisotopic (exact) mass is 228 g/mol. The maximum atomic E-state index is 10.5. The Morgan fingerprint density at radius 2 is 2.00 bits per heavy atom. The lowest BCUT2D eigenvalue weighted by Crippen LogP contribution is -1.97. The largest absolute Gasteiger partial charge is 0.478 e. The molecule has 0 aliphatic rings. The summed E-state index contributed by atoms with van der Waals surface area (Å²) in [4.78, 5) is 10.5. The second kappa shape index (κ2) is 5.55. The van der Waals surface area contributed by atoms with Gasteiger partial charge < -0.3 is 5.11 Å². The maximum absolute atomic E-state index is 10.5. The Morgan fingerprint density at radius 3 is 2.33 bits per heavy atom. The van der Waals surface area contributed by atoms with E-state index in [4.69, 9.17) is 5.11 Å². The number of carboxylic acids is 1. The zero-order valence-electron chi connectivity index (χ0n) is 6.46. The van der Waals surface area contributed by atoms with Gasteiger partial charge in [-0.3, -0.25) is 0 Å². The van der Waals surface area contributed by atoms with Crippen molar-refractivity contribution in [2.45, 2.75) is 0 Å². The molecule has 1 N–H and O–H groups in total. The summed E-state index contributed by atoms with van der Waals surface area (Å²) in [5.41, 5.74) is 0.164. The molecule has 0 spiro atoms. The first kappa shape index (κ1) is 10.9. The molecule has 0 rings (SSSR count). The van der Waals surface area contributed by atoms with Crippen molar-refractivity contribution in [1.82, 2.24) is 0 Å². The average molecular weight is 229 g/mol. The highest BCUT2D eigenvalue weighted by molar-refractivity contribution is 9.11. The Labute approximate surface area is 79.7 Å². The van der Waals surface area contributed by atoms with E-state index in [1.807, 2.05) is 0 Å².